The predicted octanol–water partition coefficient (Wildman–Crippen LogP) is 0.777. The van der Waals surface area contributed by atoms with Crippen molar-refractivity contribution >= 4 is 17.7 Å². The number of amides is 1. The largest absolute Gasteiger partial charge is 0.394 e. The number of carbonyl (C=O) groups excluding carboxylic acids is 1. The molecule has 1 rings (SSSR count). The van der Waals surface area contributed by atoms with Gasteiger partial charge in [-0.15, -0.1) is 11.8 Å². The van der Waals surface area contributed by atoms with Gasteiger partial charge in [0.25, 0.3) is 0 Å². The Morgan fingerprint density at radius 3 is 2.67 bits per heavy atom. The number of rotatable bonds is 7. The highest BCUT2D eigenvalue weighted by Crippen LogP contribution is 2.17. The SMILES string of the molecule is CCSc1ccc(CCNC(=O)C(N)CO)cc1. The molecule has 1 aromatic carbocycles. The molecule has 0 aliphatic heterocycles. The standard InChI is InChI=1S/C13H20N2O2S/c1-2-18-11-5-3-10(4-6-11)7-8-15-13(17)12(14)9-16/h3-6,12,16H,2,7-9,14H2,1H3,(H,15,17). The molecular weight excluding hydrogens is 248 g/mol. The number of aliphatic hydroxyl groups excluding tert-OH is 1. The molecule has 1 atom stereocenters. The summed E-state index contributed by atoms with van der Waals surface area (Å²) in [5, 5.41) is 11.4. The van der Waals surface area contributed by atoms with Crippen LogP contribution in [0.1, 0.15) is 12.5 Å². The first kappa shape index (κ1) is 15.0. The van der Waals surface area contributed by atoms with Crippen LogP contribution in [0, 0.1) is 0 Å². The summed E-state index contributed by atoms with van der Waals surface area (Å²) in [6.07, 6.45) is 0.765. The van der Waals surface area contributed by atoms with Gasteiger partial charge in [0.2, 0.25) is 5.91 Å². The van der Waals surface area contributed by atoms with E-state index in [4.69, 9.17) is 10.8 Å². The number of benzene rings is 1. The van der Waals surface area contributed by atoms with E-state index in [2.05, 4.69) is 36.5 Å². The maximum absolute atomic E-state index is 11.3. The molecular formula is C13H20N2O2S. The molecule has 0 bridgehead atoms. The van der Waals surface area contributed by atoms with E-state index < -0.39 is 6.04 Å². The average Bonchev–Trinajstić information content (AvgIpc) is 2.40. The Morgan fingerprint density at radius 1 is 1.44 bits per heavy atom. The smallest absolute Gasteiger partial charge is 0.239 e. The summed E-state index contributed by atoms with van der Waals surface area (Å²) >= 11 is 1.81. The molecule has 0 saturated heterocycles. The van der Waals surface area contributed by atoms with Gasteiger partial charge in [-0.1, -0.05) is 19.1 Å². The zero-order valence-electron chi connectivity index (χ0n) is 10.6. The number of hydrogen-bond donors (Lipinski definition) is 3. The van der Waals surface area contributed by atoms with Gasteiger partial charge in [0.15, 0.2) is 0 Å². The van der Waals surface area contributed by atoms with Crippen molar-refractivity contribution < 1.29 is 9.90 Å². The molecule has 100 valence electrons. The van der Waals surface area contributed by atoms with Gasteiger partial charge >= 0.3 is 0 Å². The molecule has 1 aromatic rings. The van der Waals surface area contributed by atoms with Crippen molar-refractivity contribution in [1.29, 1.82) is 0 Å². The Hall–Kier alpha value is -1.04. The number of thioether (sulfide) groups is 1. The summed E-state index contributed by atoms with van der Waals surface area (Å²) in [4.78, 5) is 12.6. The van der Waals surface area contributed by atoms with Crippen LogP contribution in [-0.4, -0.2) is 36.0 Å². The predicted molar refractivity (Wildman–Crippen MR) is 74.6 cm³/mol. The van der Waals surface area contributed by atoms with Crippen LogP contribution in [0.2, 0.25) is 0 Å². The molecule has 5 heteroatoms. The Morgan fingerprint density at radius 2 is 2.11 bits per heavy atom. The van der Waals surface area contributed by atoms with Crippen molar-refractivity contribution in [1.82, 2.24) is 5.32 Å². The van der Waals surface area contributed by atoms with Gasteiger partial charge in [0.05, 0.1) is 6.61 Å². The van der Waals surface area contributed by atoms with Crippen LogP contribution in [0.15, 0.2) is 29.2 Å². The lowest BCUT2D eigenvalue weighted by molar-refractivity contribution is -0.123. The van der Waals surface area contributed by atoms with Crippen LogP contribution in [-0.2, 0) is 11.2 Å². The minimum Gasteiger partial charge on any atom is -0.394 e. The van der Waals surface area contributed by atoms with Gasteiger partial charge in [-0.3, -0.25) is 4.79 Å². The molecule has 4 nitrogen and oxygen atoms in total. The summed E-state index contributed by atoms with van der Waals surface area (Å²) in [5.74, 6) is 0.754. The van der Waals surface area contributed by atoms with Gasteiger partial charge in [0, 0.05) is 11.4 Å². The van der Waals surface area contributed by atoms with E-state index in [1.807, 2.05) is 0 Å². The minimum absolute atomic E-state index is 0.310. The first-order chi connectivity index (χ1) is 8.67. The van der Waals surface area contributed by atoms with E-state index in [1.54, 1.807) is 11.8 Å². The highest BCUT2D eigenvalue weighted by molar-refractivity contribution is 7.99. The molecule has 0 aromatic heterocycles. The summed E-state index contributed by atoms with van der Waals surface area (Å²) in [6.45, 7) is 2.33. The number of aliphatic hydroxyl groups is 1. The quantitative estimate of drug-likeness (QED) is 0.639. The molecule has 0 saturated carbocycles. The molecule has 0 aliphatic rings. The molecule has 0 fully saturated rings. The zero-order chi connectivity index (χ0) is 13.4. The summed E-state index contributed by atoms with van der Waals surface area (Å²) in [7, 11) is 0. The molecule has 0 spiro atoms. The second kappa shape index (κ2) is 8.13. The number of nitrogens with one attached hydrogen (secondary N) is 1. The normalized spacial score (nSPS) is 12.2. The maximum Gasteiger partial charge on any atom is 0.239 e. The Bertz CT molecular complexity index is 368. The van der Waals surface area contributed by atoms with Crippen LogP contribution in [0.25, 0.3) is 0 Å². The van der Waals surface area contributed by atoms with E-state index in [1.165, 1.54) is 10.5 Å². The van der Waals surface area contributed by atoms with E-state index >= 15 is 0 Å². The second-order valence-electron chi connectivity index (χ2n) is 3.91. The van der Waals surface area contributed by atoms with Gasteiger partial charge < -0.3 is 16.2 Å². The Balaban J connectivity index is 2.33. The third-order valence-electron chi connectivity index (χ3n) is 2.48. The monoisotopic (exact) mass is 268 g/mol. The molecule has 0 aliphatic carbocycles. The van der Waals surface area contributed by atoms with Crippen LogP contribution in [0.5, 0.6) is 0 Å². The molecule has 1 amide bonds. The van der Waals surface area contributed by atoms with Crippen molar-refractivity contribution in [3.8, 4) is 0 Å². The summed E-state index contributed by atoms with van der Waals surface area (Å²) in [5.41, 5.74) is 6.56. The first-order valence-electron chi connectivity index (χ1n) is 6.03. The molecule has 0 heterocycles. The molecule has 0 radical (unpaired) electrons. The van der Waals surface area contributed by atoms with Gasteiger partial charge in [-0.2, -0.15) is 0 Å². The van der Waals surface area contributed by atoms with Crippen LogP contribution in [0.4, 0.5) is 0 Å². The lowest BCUT2D eigenvalue weighted by Crippen LogP contribution is -2.43. The van der Waals surface area contributed by atoms with E-state index in [9.17, 15) is 4.79 Å². The van der Waals surface area contributed by atoms with Crippen molar-refractivity contribution in [2.45, 2.75) is 24.3 Å². The van der Waals surface area contributed by atoms with Crippen molar-refractivity contribution in [2.75, 3.05) is 18.9 Å². The zero-order valence-corrected chi connectivity index (χ0v) is 11.4. The topological polar surface area (TPSA) is 75.4 Å². The lowest BCUT2D eigenvalue weighted by atomic mass is 10.1. The van der Waals surface area contributed by atoms with Crippen LogP contribution >= 0.6 is 11.8 Å². The minimum atomic E-state index is -0.826. The van der Waals surface area contributed by atoms with Crippen molar-refractivity contribution in [2.24, 2.45) is 5.73 Å². The number of carbonyl (C=O) groups is 1. The summed E-state index contributed by atoms with van der Waals surface area (Å²) < 4.78 is 0. The second-order valence-corrected chi connectivity index (χ2v) is 5.24. The fourth-order valence-electron chi connectivity index (χ4n) is 1.46. The molecule has 18 heavy (non-hydrogen) atoms. The maximum atomic E-state index is 11.3. The fraction of sp³-hybridized carbons (Fsp3) is 0.462. The van der Waals surface area contributed by atoms with E-state index in [0.29, 0.717) is 6.54 Å². The number of nitrogens with two attached hydrogens (primary N) is 1. The first-order valence-corrected chi connectivity index (χ1v) is 7.01. The highest BCUT2D eigenvalue weighted by atomic mass is 32.2. The van der Waals surface area contributed by atoms with Crippen LogP contribution < -0.4 is 11.1 Å². The fourth-order valence-corrected chi connectivity index (χ4v) is 2.12. The van der Waals surface area contributed by atoms with E-state index in [-0.39, 0.29) is 12.5 Å². The third kappa shape index (κ3) is 5.08. The summed E-state index contributed by atoms with van der Waals surface area (Å²) in [6, 6.07) is 7.48. The van der Waals surface area contributed by atoms with Gasteiger partial charge in [0.1, 0.15) is 6.04 Å². The van der Waals surface area contributed by atoms with Crippen LogP contribution in [0.3, 0.4) is 0 Å². The molecule has 1 unspecified atom stereocenters. The van der Waals surface area contributed by atoms with Crippen molar-refractivity contribution in [3.63, 3.8) is 0 Å². The molecule has 4 N–H and O–H groups in total. The Kier molecular flexibility index (Phi) is 6.78. The van der Waals surface area contributed by atoms with Crippen molar-refractivity contribution in [3.05, 3.63) is 29.8 Å². The van der Waals surface area contributed by atoms with Gasteiger partial charge in [-0.25, -0.2) is 0 Å². The van der Waals surface area contributed by atoms with Gasteiger partial charge in [-0.05, 0) is 29.9 Å². The lowest BCUT2D eigenvalue weighted by Gasteiger charge is -2.09. The highest BCUT2D eigenvalue weighted by Gasteiger charge is 2.10. The number of hydrogen-bond acceptors (Lipinski definition) is 4. The third-order valence-corrected chi connectivity index (χ3v) is 3.37. The average molecular weight is 268 g/mol. The Labute approximate surface area is 112 Å². The van der Waals surface area contributed by atoms with E-state index in [0.717, 1.165) is 12.2 Å².